The number of nitrogens with zero attached hydrogens (tertiary/aromatic N) is 6. The van der Waals surface area contributed by atoms with Crippen molar-refractivity contribution in [3.05, 3.63) is 23.5 Å². The molecule has 1 saturated carbocycles. The highest BCUT2D eigenvalue weighted by molar-refractivity contribution is 7.15. The van der Waals surface area contributed by atoms with Gasteiger partial charge in [-0.05, 0) is 18.9 Å². The van der Waals surface area contributed by atoms with Gasteiger partial charge in [0.05, 0.1) is 0 Å². The van der Waals surface area contributed by atoms with Crippen molar-refractivity contribution in [2.75, 3.05) is 36.0 Å². The first-order valence-corrected chi connectivity index (χ1v) is 9.32. The average Bonchev–Trinajstić information content (AvgIpc) is 3.14. The highest BCUT2D eigenvalue weighted by Gasteiger charge is 2.24. The highest BCUT2D eigenvalue weighted by atomic mass is 32.1. The van der Waals surface area contributed by atoms with Crippen molar-refractivity contribution in [2.45, 2.75) is 38.0 Å². The van der Waals surface area contributed by atoms with Crippen molar-refractivity contribution < 1.29 is 0 Å². The number of piperazine rings is 1. The zero-order valence-corrected chi connectivity index (χ0v) is 14.1. The van der Waals surface area contributed by atoms with Gasteiger partial charge in [0.25, 0.3) is 0 Å². The Bertz CT molecular complexity index is 617. The Labute approximate surface area is 140 Å². The van der Waals surface area contributed by atoms with Gasteiger partial charge in [0.15, 0.2) is 0 Å². The normalized spacial score (nSPS) is 20.0. The molecule has 2 fully saturated rings. The summed E-state index contributed by atoms with van der Waals surface area (Å²) in [5.74, 6) is 1.47. The van der Waals surface area contributed by atoms with E-state index >= 15 is 0 Å². The third kappa shape index (κ3) is 3.29. The summed E-state index contributed by atoms with van der Waals surface area (Å²) in [6.07, 6.45) is 10.2. The molecule has 1 aliphatic heterocycles. The van der Waals surface area contributed by atoms with E-state index in [4.69, 9.17) is 0 Å². The molecule has 122 valence electrons. The minimum absolute atomic E-state index is 0.647. The minimum atomic E-state index is 0.647. The second-order valence-electron chi connectivity index (χ2n) is 6.28. The van der Waals surface area contributed by atoms with Gasteiger partial charge in [-0.15, -0.1) is 10.2 Å². The van der Waals surface area contributed by atoms with Gasteiger partial charge in [-0.25, -0.2) is 9.97 Å². The third-order valence-corrected chi connectivity index (χ3v) is 5.92. The van der Waals surface area contributed by atoms with Gasteiger partial charge >= 0.3 is 0 Å². The molecule has 3 heterocycles. The van der Waals surface area contributed by atoms with Crippen LogP contribution in [0.5, 0.6) is 0 Å². The van der Waals surface area contributed by atoms with Crippen molar-refractivity contribution in [3.63, 3.8) is 0 Å². The molecule has 0 radical (unpaired) electrons. The fraction of sp³-hybridized carbons (Fsp3) is 0.625. The Hall–Kier alpha value is -1.76. The van der Waals surface area contributed by atoms with Crippen LogP contribution in [0.15, 0.2) is 18.5 Å². The summed E-state index contributed by atoms with van der Waals surface area (Å²) >= 11 is 1.80. The van der Waals surface area contributed by atoms with E-state index in [1.54, 1.807) is 23.7 Å². The summed E-state index contributed by atoms with van der Waals surface area (Å²) < 4.78 is 0. The van der Waals surface area contributed by atoms with Crippen LogP contribution in [0, 0.1) is 0 Å². The molecule has 0 spiro atoms. The SMILES string of the molecule is c1cnc(N2CCN(c3nnc(C4CCCCC4)s3)CC2)nc1. The Morgan fingerprint density at radius 1 is 0.870 bits per heavy atom. The Morgan fingerprint density at radius 2 is 1.57 bits per heavy atom. The van der Waals surface area contributed by atoms with Crippen molar-refractivity contribution in [1.82, 2.24) is 20.2 Å². The maximum absolute atomic E-state index is 4.48. The number of rotatable bonds is 3. The van der Waals surface area contributed by atoms with Crippen LogP contribution in [0.2, 0.25) is 0 Å². The standard InChI is InChI=1S/C16H22N6S/c1-2-5-13(6-3-1)14-19-20-16(23-14)22-11-9-21(10-12-22)15-17-7-4-8-18-15/h4,7-8,13H,1-3,5-6,9-12H2. The molecule has 1 aliphatic carbocycles. The van der Waals surface area contributed by atoms with Crippen LogP contribution in [-0.4, -0.2) is 46.3 Å². The van der Waals surface area contributed by atoms with Gasteiger partial charge in [-0.3, -0.25) is 0 Å². The summed E-state index contributed by atoms with van der Waals surface area (Å²) in [6.45, 7) is 3.78. The van der Waals surface area contributed by atoms with Crippen LogP contribution in [0.25, 0.3) is 0 Å². The van der Waals surface area contributed by atoms with E-state index in [-0.39, 0.29) is 0 Å². The van der Waals surface area contributed by atoms with E-state index in [0.717, 1.165) is 37.3 Å². The third-order valence-electron chi connectivity index (χ3n) is 4.77. The second kappa shape index (κ2) is 6.78. The average molecular weight is 330 g/mol. The summed E-state index contributed by atoms with van der Waals surface area (Å²) in [5, 5.41) is 11.3. The molecule has 0 aromatic carbocycles. The number of anilines is 2. The molecule has 2 aromatic rings. The molecule has 0 amide bonds. The molecule has 4 rings (SSSR count). The van der Waals surface area contributed by atoms with Crippen molar-refractivity contribution >= 4 is 22.4 Å². The molecule has 1 saturated heterocycles. The molecular formula is C16H22N6S. The van der Waals surface area contributed by atoms with Gasteiger partial charge in [-0.2, -0.15) is 0 Å². The molecule has 7 heteroatoms. The summed E-state index contributed by atoms with van der Waals surface area (Å²) in [7, 11) is 0. The molecule has 23 heavy (non-hydrogen) atoms. The number of hydrogen-bond acceptors (Lipinski definition) is 7. The van der Waals surface area contributed by atoms with Gasteiger partial charge in [-0.1, -0.05) is 30.6 Å². The fourth-order valence-electron chi connectivity index (χ4n) is 3.42. The summed E-state index contributed by atoms with van der Waals surface area (Å²) in [6, 6.07) is 1.85. The van der Waals surface area contributed by atoms with E-state index in [1.165, 1.54) is 37.1 Å². The van der Waals surface area contributed by atoms with Crippen LogP contribution in [0.1, 0.15) is 43.0 Å². The van der Waals surface area contributed by atoms with Crippen molar-refractivity contribution in [1.29, 1.82) is 0 Å². The maximum Gasteiger partial charge on any atom is 0.225 e. The zero-order chi connectivity index (χ0) is 15.5. The van der Waals surface area contributed by atoms with E-state index in [2.05, 4.69) is 30.0 Å². The van der Waals surface area contributed by atoms with Crippen LogP contribution < -0.4 is 9.80 Å². The molecule has 2 aliphatic rings. The first-order chi connectivity index (χ1) is 11.4. The topological polar surface area (TPSA) is 58.0 Å². The van der Waals surface area contributed by atoms with E-state index < -0.39 is 0 Å². The molecule has 0 unspecified atom stereocenters. The van der Waals surface area contributed by atoms with Crippen LogP contribution >= 0.6 is 11.3 Å². The fourth-order valence-corrected chi connectivity index (χ4v) is 4.49. The van der Waals surface area contributed by atoms with Gasteiger partial charge < -0.3 is 9.80 Å². The Morgan fingerprint density at radius 3 is 2.30 bits per heavy atom. The molecule has 0 atom stereocenters. The highest BCUT2D eigenvalue weighted by Crippen LogP contribution is 2.36. The monoisotopic (exact) mass is 330 g/mol. The number of aromatic nitrogens is 4. The van der Waals surface area contributed by atoms with Crippen molar-refractivity contribution in [3.8, 4) is 0 Å². The van der Waals surface area contributed by atoms with Gasteiger partial charge in [0.2, 0.25) is 11.1 Å². The quantitative estimate of drug-likeness (QED) is 0.862. The molecule has 2 aromatic heterocycles. The maximum atomic E-state index is 4.48. The summed E-state index contributed by atoms with van der Waals surface area (Å²) in [4.78, 5) is 13.3. The predicted molar refractivity (Wildman–Crippen MR) is 92.2 cm³/mol. The van der Waals surface area contributed by atoms with Gasteiger partial charge in [0.1, 0.15) is 5.01 Å². The lowest BCUT2D eigenvalue weighted by molar-refractivity contribution is 0.440. The minimum Gasteiger partial charge on any atom is -0.343 e. The molecule has 6 nitrogen and oxygen atoms in total. The predicted octanol–water partition coefficient (Wildman–Crippen LogP) is 2.70. The Balaban J connectivity index is 1.38. The lowest BCUT2D eigenvalue weighted by Crippen LogP contribution is -2.47. The van der Waals surface area contributed by atoms with Crippen molar-refractivity contribution in [2.24, 2.45) is 0 Å². The van der Waals surface area contributed by atoms with Gasteiger partial charge in [0, 0.05) is 44.5 Å². The first-order valence-electron chi connectivity index (χ1n) is 8.50. The van der Waals surface area contributed by atoms with Crippen LogP contribution in [0.3, 0.4) is 0 Å². The second-order valence-corrected chi connectivity index (χ2v) is 7.27. The van der Waals surface area contributed by atoms with E-state index in [0.29, 0.717) is 5.92 Å². The summed E-state index contributed by atoms with van der Waals surface area (Å²) in [5.41, 5.74) is 0. The molecule has 0 bridgehead atoms. The lowest BCUT2D eigenvalue weighted by Gasteiger charge is -2.34. The van der Waals surface area contributed by atoms with E-state index in [9.17, 15) is 0 Å². The molecule has 0 N–H and O–H groups in total. The smallest absolute Gasteiger partial charge is 0.225 e. The van der Waals surface area contributed by atoms with Crippen LogP contribution in [-0.2, 0) is 0 Å². The largest absolute Gasteiger partial charge is 0.343 e. The van der Waals surface area contributed by atoms with Crippen LogP contribution in [0.4, 0.5) is 11.1 Å². The zero-order valence-electron chi connectivity index (χ0n) is 13.3. The first kappa shape index (κ1) is 14.8. The van der Waals surface area contributed by atoms with E-state index in [1.807, 2.05) is 6.07 Å². The lowest BCUT2D eigenvalue weighted by atomic mass is 9.90. The number of hydrogen-bond donors (Lipinski definition) is 0. The Kier molecular flexibility index (Phi) is 4.37. The molecular weight excluding hydrogens is 308 g/mol.